The van der Waals surface area contributed by atoms with Crippen LogP contribution in [0.4, 0.5) is 0 Å². The lowest BCUT2D eigenvalue weighted by Gasteiger charge is -2.20. The van der Waals surface area contributed by atoms with Gasteiger partial charge in [-0.3, -0.25) is 0 Å². The van der Waals surface area contributed by atoms with Gasteiger partial charge >= 0.3 is 0 Å². The largest absolute Gasteiger partial charge is 0.348 e. The van der Waals surface area contributed by atoms with E-state index in [1.54, 1.807) is 6.33 Å². The lowest BCUT2D eigenvalue weighted by Crippen LogP contribution is -2.17. The molecule has 0 unspecified atom stereocenters. The Labute approximate surface area is 81.9 Å². The number of halogens is 1. The van der Waals surface area contributed by atoms with Crippen LogP contribution in [0.5, 0.6) is 0 Å². The Morgan fingerprint density at radius 1 is 1.58 bits per heavy atom. The second kappa shape index (κ2) is 3.60. The molecule has 0 amide bonds. The number of aromatic nitrogens is 2. The van der Waals surface area contributed by atoms with Crippen LogP contribution in [0.3, 0.4) is 0 Å². The molecule has 1 rings (SSSR count). The van der Waals surface area contributed by atoms with Gasteiger partial charge in [0.1, 0.15) is 0 Å². The van der Waals surface area contributed by atoms with Gasteiger partial charge in [-0.1, -0.05) is 29.8 Å². The van der Waals surface area contributed by atoms with E-state index in [0.29, 0.717) is 5.41 Å². The first-order chi connectivity index (χ1) is 5.55. The van der Waals surface area contributed by atoms with E-state index >= 15 is 0 Å². The molecule has 12 heavy (non-hydrogen) atoms. The number of rotatable bonds is 3. The first kappa shape index (κ1) is 9.78. The molecule has 0 aromatic carbocycles. The van der Waals surface area contributed by atoms with Crippen LogP contribution in [0, 0.1) is 12.3 Å². The average Bonchev–Trinajstić information content (AvgIpc) is 2.36. The van der Waals surface area contributed by atoms with Crippen LogP contribution in [-0.2, 0) is 6.42 Å². The molecule has 1 aromatic heterocycles. The summed E-state index contributed by atoms with van der Waals surface area (Å²) in [5, 5.41) is 1.01. The van der Waals surface area contributed by atoms with Crippen LogP contribution in [0.2, 0.25) is 0 Å². The first-order valence-electron chi connectivity index (χ1n) is 4.10. The molecule has 1 aromatic rings. The molecule has 0 atom stereocenters. The van der Waals surface area contributed by atoms with Crippen molar-refractivity contribution in [3.05, 3.63) is 17.7 Å². The molecule has 0 aliphatic carbocycles. The van der Waals surface area contributed by atoms with Gasteiger partial charge in [-0.25, -0.2) is 4.98 Å². The van der Waals surface area contributed by atoms with Gasteiger partial charge in [-0.15, -0.1) is 0 Å². The lowest BCUT2D eigenvalue weighted by molar-refractivity contribution is 0.419. The second-order valence-electron chi connectivity index (χ2n) is 3.95. The third-order valence-electron chi connectivity index (χ3n) is 1.94. The number of nitrogens with one attached hydrogen (secondary N) is 1. The molecule has 68 valence electrons. The van der Waals surface area contributed by atoms with E-state index in [4.69, 9.17) is 0 Å². The molecule has 0 bridgehead atoms. The van der Waals surface area contributed by atoms with Crippen molar-refractivity contribution in [2.24, 2.45) is 5.41 Å². The Hall–Kier alpha value is -0.310. The summed E-state index contributed by atoms with van der Waals surface area (Å²) in [6.45, 7) is 6.53. The number of hydrogen-bond donors (Lipinski definition) is 1. The van der Waals surface area contributed by atoms with Crippen LogP contribution >= 0.6 is 15.9 Å². The summed E-state index contributed by atoms with van der Waals surface area (Å²) < 4.78 is 0. The molecule has 0 fully saturated rings. The Morgan fingerprint density at radius 3 is 2.67 bits per heavy atom. The summed E-state index contributed by atoms with van der Waals surface area (Å²) in [4.78, 5) is 7.36. The Kier molecular flexibility index (Phi) is 2.94. The molecule has 0 saturated carbocycles. The molecule has 0 radical (unpaired) electrons. The summed E-state index contributed by atoms with van der Waals surface area (Å²) >= 11 is 3.50. The van der Waals surface area contributed by atoms with Crippen molar-refractivity contribution < 1.29 is 0 Å². The van der Waals surface area contributed by atoms with Crippen molar-refractivity contribution in [3.8, 4) is 0 Å². The minimum atomic E-state index is 0.292. The van der Waals surface area contributed by atoms with Gasteiger partial charge in [0.25, 0.3) is 0 Å². The molecule has 1 heterocycles. The maximum absolute atomic E-state index is 4.27. The lowest BCUT2D eigenvalue weighted by atomic mass is 9.90. The van der Waals surface area contributed by atoms with E-state index in [1.165, 1.54) is 11.4 Å². The van der Waals surface area contributed by atoms with E-state index in [1.807, 2.05) is 0 Å². The van der Waals surface area contributed by atoms with Crippen LogP contribution in [0.15, 0.2) is 6.33 Å². The van der Waals surface area contributed by atoms with Crippen LogP contribution in [0.1, 0.15) is 25.2 Å². The molecular formula is C9H15BrN2. The molecule has 1 N–H and O–H groups in total. The van der Waals surface area contributed by atoms with E-state index in [9.17, 15) is 0 Å². The molecular weight excluding hydrogens is 216 g/mol. The highest BCUT2D eigenvalue weighted by Gasteiger charge is 2.18. The second-order valence-corrected chi connectivity index (χ2v) is 4.51. The highest BCUT2D eigenvalue weighted by molar-refractivity contribution is 9.09. The SMILES string of the molecule is Cc1[nH]cnc1CC(C)(C)CBr. The minimum Gasteiger partial charge on any atom is -0.348 e. The standard InChI is InChI=1S/C9H15BrN2/c1-7-8(12-6-11-7)4-9(2,3)5-10/h6H,4-5H2,1-3H3,(H,11,12). The van der Waals surface area contributed by atoms with Gasteiger partial charge in [-0.2, -0.15) is 0 Å². The fourth-order valence-electron chi connectivity index (χ4n) is 1.07. The number of H-pyrrole nitrogens is 1. The van der Waals surface area contributed by atoms with Crippen LogP contribution in [0.25, 0.3) is 0 Å². The van der Waals surface area contributed by atoms with Gasteiger partial charge in [0.2, 0.25) is 0 Å². The van der Waals surface area contributed by atoms with Crippen molar-refractivity contribution in [1.29, 1.82) is 0 Å². The molecule has 2 nitrogen and oxygen atoms in total. The first-order valence-corrected chi connectivity index (χ1v) is 5.22. The summed E-state index contributed by atoms with van der Waals surface area (Å²) in [5.41, 5.74) is 2.66. The number of alkyl halides is 1. The van der Waals surface area contributed by atoms with Crippen molar-refractivity contribution in [2.45, 2.75) is 27.2 Å². The van der Waals surface area contributed by atoms with E-state index < -0.39 is 0 Å². The summed E-state index contributed by atoms with van der Waals surface area (Å²) in [6.07, 6.45) is 2.78. The minimum absolute atomic E-state index is 0.292. The predicted molar refractivity (Wildman–Crippen MR) is 54.6 cm³/mol. The van der Waals surface area contributed by atoms with Crippen molar-refractivity contribution >= 4 is 15.9 Å². The number of nitrogens with zero attached hydrogens (tertiary/aromatic N) is 1. The summed E-state index contributed by atoms with van der Waals surface area (Å²) in [7, 11) is 0. The van der Waals surface area contributed by atoms with Gasteiger partial charge in [0, 0.05) is 11.0 Å². The number of hydrogen-bond acceptors (Lipinski definition) is 1. The normalized spacial score (nSPS) is 12.0. The zero-order valence-corrected chi connectivity index (χ0v) is 9.40. The van der Waals surface area contributed by atoms with Gasteiger partial charge in [0.15, 0.2) is 0 Å². The summed E-state index contributed by atoms with van der Waals surface area (Å²) in [5.74, 6) is 0. The van der Waals surface area contributed by atoms with E-state index in [2.05, 4.69) is 46.7 Å². The zero-order valence-electron chi connectivity index (χ0n) is 7.82. The summed E-state index contributed by atoms with van der Waals surface area (Å²) in [6, 6.07) is 0. The van der Waals surface area contributed by atoms with Crippen molar-refractivity contribution in [3.63, 3.8) is 0 Å². The maximum Gasteiger partial charge on any atom is 0.0925 e. The Balaban J connectivity index is 2.70. The maximum atomic E-state index is 4.27. The topological polar surface area (TPSA) is 28.7 Å². The fraction of sp³-hybridized carbons (Fsp3) is 0.667. The third kappa shape index (κ3) is 2.34. The van der Waals surface area contributed by atoms with Crippen LogP contribution < -0.4 is 0 Å². The highest BCUT2D eigenvalue weighted by Crippen LogP contribution is 2.23. The molecule has 3 heteroatoms. The van der Waals surface area contributed by atoms with E-state index in [0.717, 1.165) is 11.8 Å². The van der Waals surface area contributed by atoms with Gasteiger partial charge in [-0.05, 0) is 18.8 Å². The van der Waals surface area contributed by atoms with Gasteiger partial charge < -0.3 is 4.98 Å². The molecule has 0 saturated heterocycles. The number of aromatic amines is 1. The Morgan fingerprint density at radius 2 is 2.25 bits per heavy atom. The number of aryl methyl sites for hydroxylation is 1. The fourth-order valence-corrected chi connectivity index (χ4v) is 1.26. The van der Waals surface area contributed by atoms with E-state index in [-0.39, 0.29) is 0 Å². The third-order valence-corrected chi connectivity index (χ3v) is 3.46. The van der Waals surface area contributed by atoms with Gasteiger partial charge in [0.05, 0.1) is 12.0 Å². The average molecular weight is 231 g/mol. The molecule has 0 spiro atoms. The monoisotopic (exact) mass is 230 g/mol. The van der Waals surface area contributed by atoms with Crippen molar-refractivity contribution in [1.82, 2.24) is 9.97 Å². The molecule has 0 aliphatic rings. The molecule has 0 aliphatic heterocycles. The highest BCUT2D eigenvalue weighted by atomic mass is 79.9. The number of imidazole rings is 1. The predicted octanol–water partition coefficient (Wildman–Crippen LogP) is 2.68. The van der Waals surface area contributed by atoms with Crippen molar-refractivity contribution in [2.75, 3.05) is 5.33 Å². The quantitative estimate of drug-likeness (QED) is 0.796. The van der Waals surface area contributed by atoms with Crippen LogP contribution in [-0.4, -0.2) is 15.3 Å². The Bertz CT molecular complexity index is 253. The smallest absolute Gasteiger partial charge is 0.0925 e. The zero-order chi connectivity index (χ0) is 9.19.